The second kappa shape index (κ2) is 9.20. The van der Waals surface area contributed by atoms with E-state index in [1.165, 1.54) is 12.3 Å². The maximum Gasteiger partial charge on any atom is 0.475 e. The standard InChI is InChI=1S/C21H29N2O9P/c1-7-21(6)16-14(31-17(21)23-10-8-15(24)22-19(23)26)12-29-33(27,32-16)28-11-9-20(4,5)18(25)30-13(2)3/h1,8,10,13-14,16-17H,9,11-12H2,2-6H3,(H,22,24,26)/t14-,16-,17-,21-,33-/m1/s1. The normalized spacial score (nSPS) is 31.7. The molecule has 2 saturated heterocycles. The molecule has 0 saturated carbocycles. The molecule has 1 aromatic heterocycles. The van der Waals surface area contributed by atoms with Gasteiger partial charge in [-0.25, -0.2) is 9.36 Å². The quantitative estimate of drug-likeness (QED) is 0.350. The van der Waals surface area contributed by atoms with Crippen LogP contribution in [-0.2, 0) is 32.4 Å². The first-order valence-corrected chi connectivity index (χ1v) is 12.0. The van der Waals surface area contributed by atoms with Crippen molar-refractivity contribution in [3.05, 3.63) is 33.1 Å². The van der Waals surface area contributed by atoms with Gasteiger partial charge in [0.05, 0.1) is 24.7 Å². The number of H-pyrrole nitrogens is 1. The number of carbonyl (C=O) groups is 1. The van der Waals surface area contributed by atoms with Crippen LogP contribution in [-0.4, -0.2) is 47.0 Å². The van der Waals surface area contributed by atoms with Crippen molar-refractivity contribution >= 4 is 13.8 Å². The number of carbonyl (C=O) groups excluding carboxylic acids is 1. The number of phosphoric acid groups is 1. The second-order valence-corrected chi connectivity index (χ2v) is 10.8. The van der Waals surface area contributed by atoms with Gasteiger partial charge in [0, 0.05) is 12.3 Å². The van der Waals surface area contributed by atoms with E-state index in [1.807, 2.05) is 0 Å². The van der Waals surface area contributed by atoms with E-state index in [2.05, 4.69) is 10.9 Å². The fraction of sp³-hybridized carbons (Fsp3) is 0.667. The number of phosphoric ester groups is 1. The molecule has 0 radical (unpaired) electrons. The Morgan fingerprint density at radius 2 is 2.15 bits per heavy atom. The maximum atomic E-state index is 13.1. The van der Waals surface area contributed by atoms with Gasteiger partial charge in [0.25, 0.3) is 5.56 Å². The number of rotatable bonds is 7. The highest BCUT2D eigenvalue weighted by molar-refractivity contribution is 7.48. The van der Waals surface area contributed by atoms with Crippen LogP contribution in [0.1, 0.15) is 47.3 Å². The van der Waals surface area contributed by atoms with Crippen molar-refractivity contribution in [3.8, 4) is 12.3 Å². The Kier molecular flexibility index (Phi) is 7.08. The number of esters is 1. The number of terminal acetylenes is 1. The van der Waals surface area contributed by atoms with Gasteiger partial charge in [-0.05, 0) is 41.0 Å². The zero-order chi connectivity index (χ0) is 24.6. The molecule has 2 fully saturated rings. The van der Waals surface area contributed by atoms with E-state index < -0.39 is 54.3 Å². The van der Waals surface area contributed by atoms with E-state index in [0.717, 1.165) is 4.57 Å². The first-order chi connectivity index (χ1) is 15.3. The molecule has 0 unspecified atom stereocenters. The molecule has 0 bridgehead atoms. The van der Waals surface area contributed by atoms with Gasteiger partial charge in [0.15, 0.2) is 6.23 Å². The summed E-state index contributed by atoms with van der Waals surface area (Å²) in [7, 11) is -4.03. The minimum atomic E-state index is -4.03. The van der Waals surface area contributed by atoms with Crippen LogP contribution in [0.4, 0.5) is 0 Å². The van der Waals surface area contributed by atoms with Crippen molar-refractivity contribution in [2.24, 2.45) is 10.8 Å². The third-order valence-electron chi connectivity index (χ3n) is 5.67. The van der Waals surface area contributed by atoms with Crippen LogP contribution < -0.4 is 11.2 Å². The zero-order valence-corrected chi connectivity index (χ0v) is 20.1. The molecule has 5 atom stereocenters. The van der Waals surface area contributed by atoms with Gasteiger partial charge in [-0.2, -0.15) is 0 Å². The molecule has 0 aromatic carbocycles. The predicted octanol–water partition coefficient (Wildman–Crippen LogP) is 1.98. The van der Waals surface area contributed by atoms with Gasteiger partial charge in [-0.3, -0.25) is 32.7 Å². The summed E-state index contributed by atoms with van der Waals surface area (Å²) in [5, 5.41) is 0. The molecule has 33 heavy (non-hydrogen) atoms. The van der Waals surface area contributed by atoms with Crippen molar-refractivity contribution < 1.29 is 32.4 Å². The van der Waals surface area contributed by atoms with Gasteiger partial charge in [0.1, 0.15) is 17.6 Å². The maximum absolute atomic E-state index is 13.1. The van der Waals surface area contributed by atoms with Gasteiger partial charge in [0.2, 0.25) is 0 Å². The Labute approximate surface area is 191 Å². The fourth-order valence-electron chi connectivity index (χ4n) is 3.62. The summed E-state index contributed by atoms with van der Waals surface area (Å²) in [6, 6.07) is 1.17. The van der Waals surface area contributed by atoms with Gasteiger partial charge >= 0.3 is 19.5 Å². The summed E-state index contributed by atoms with van der Waals surface area (Å²) in [6.07, 6.45) is 4.37. The molecule has 0 spiro atoms. The molecule has 1 aromatic rings. The van der Waals surface area contributed by atoms with E-state index in [9.17, 15) is 18.9 Å². The Bertz CT molecular complexity index is 1100. The lowest BCUT2D eigenvalue weighted by Gasteiger charge is -2.35. The van der Waals surface area contributed by atoms with Crippen LogP contribution in [0.5, 0.6) is 0 Å². The number of aromatic nitrogens is 2. The Morgan fingerprint density at radius 3 is 2.76 bits per heavy atom. The molecule has 2 aliphatic rings. The summed E-state index contributed by atoms with van der Waals surface area (Å²) in [5.41, 5.74) is -3.37. The van der Waals surface area contributed by atoms with Crippen LogP contribution in [0.2, 0.25) is 0 Å². The zero-order valence-electron chi connectivity index (χ0n) is 19.2. The van der Waals surface area contributed by atoms with Crippen LogP contribution in [0, 0.1) is 23.2 Å². The highest BCUT2D eigenvalue weighted by Gasteiger charge is 2.60. The first kappa shape index (κ1) is 25.4. The highest BCUT2D eigenvalue weighted by atomic mass is 31.2. The summed E-state index contributed by atoms with van der Waals surface area (Å²) in [6.45, 7) is 8.29. The monoisotopic (exact) mass is 484 g/mol. The number of hydrogen-bond acceptors (Lipinski definition) is 9. The Morgan fingerprint density at radius 1 is 1.45 bits per heavy atom. The summed E-state index contributed by atoms with van der Waals surface area (Å²) < 4.78 is 41.9. The van der Waals surface area contributed by atoms with E-state index in [1.54, 1.807) is 34.6 Å². The van der Waals surface area contributed by atoms with E-state index in [4.69, 9.17) is 29.5 Å². The largest absolute Gasteiger partial charge is 0.475 e. The second-order valence-electron chi connectivity index (χ2n) is 9.16. The Balaban J connectivity index is 1.72. The third-order valence-corrected chi connectivity index (χ3v) is 7.12. The average Bonchev–Trinajstić information content (AvgIpc) is 2.99. The molecule has 3 heterocycles. The number of aromatic amines is 1. The third kappa shape index (κ3) is 5.15. The molecule has 0 amide bonds. The molecular formula is C21H29N2O9P. The molecule has 2 aliphatic heterocycles. The first-order valence-electron chi connectivity index (χ1n) is 10.5. The van der Waals surface area contributed by atoms with Gasteiger partial charge in [-0.1, -0.05) is 5.92 Å². The Hall–Kier alpha value is -2.22. The summed E-state index contributed by atoms with van der Waals surface area (Å²) >= 11 is 0. The fourth-order valence-corrected chi connectivity index (χ4v) is 5.09. The predicted molar refractivity (Wildman–Crippen MR) is 116 cm³/mol. The topological polar surface area (TPSA) is 135 Å². The molecular weight excluding hydrogens is 455 g/mol. The SMILES string of the molecule is C#C[C@]1(C)[C@@H]2O[P@](=O)(OCCC(C)(C)C(=O)OC(C)C)OC[C@H]2O[C@H]1n1ccc(=O)[nH]c1=O. The van der Waals surface area contributed by atoms with Crippen LogP contribution in [0.15, 0.2) is 21.9 Å². The van der Waals surface area contributed by atoms with Crippen molar-refractivity contribution in [2.75, 3.05) is 13.2 Å². The lowest BCUT2D eigenvalue weighted by atomic mass is 9.83. The molecule has 12 heteroatoms. The summed E-state index contributed by atoms with van der Waals surface area (Å²) in [5.74, 6) is 2.19. The van der Waals surface area contributed by atoms with Crippen LogP contribution in [0.3, 0.4) is 0 Å². The smallest absolute Gasteiger partial charge is 0.463 e. The van der Waals surface area contributed by atoms with Crippen LogP contribution in [0.25, 0.3) is 0 Å². The van der Waals surface area contributed by atoms with Crippen molar-refractivity contribution in [2.45, 2.75) is 65.6 Å². The van der Waals surface area contributed by atoms with Crippen molar-refractivity contribution in [1.82, 2.24) is 9.55 Å². The van der Waals surface area contributed by atoms with Crippen LogP contribution >= 0.6 is 7.82 Å². The lowest BCUT2D eigenvalue weighted by molar-refractivity contribution is -0.158. The highest BCUT2D eigenvalue weighted by Crippen LogP contribution is 2.60. The van der Waals surface area contributed by atoms with Gasteiger partial charge < -0.3 is 9.47 Å². The van der Waals surface area contributed by atoms with E-state index >= 15 is 0 Å². The number of nitrogens with one attached hydrogen (secondary N) is 1. The molecule has 182 valence electrons. The van der Waals surface area contributed by atoms with Crippen molar-refractivity contribution in [3.63, 3.8) is 0 Å². The number of hydrogen-bond donors (Lipinski definition) is 1. The van der Waals surface area contributed by atoms with Crippen molar-refractivity contribution in [1.29, 1.82) is 0 Å². The minimum Gasteiger partial charge on any atom is -0.463 e. The molecule has 11 nitrogen and oxygen atoms in total. The number of nitrogens with zero attached hydrogens (tertiary/aromatic N) is 1. The minimum absolute atomic E-state index is 0.0920. The van der Waals surface area contributed by atoms with E-state index in [0.29, 0.717) is 0 Å². The number of ether oxygens (including phenoxy) is 2. The summed E-state index contributed by atoms with van der Waals surface area (Å²) in [4.78, 5) is 38.1. The lowest BCUT2D eigenvalue weighted by Crippen LogP contribution is -2.43. The number of fused-ring (bicyclic) bond motifs is 1. The van der Waals surface area contributed by atoms with Gasteiger partial charge in [-0.15, -0.1) is 6.42 Å². The molecule has 3 rings (SSSR count). The molecule has 0 aliphatic carbocycles. The van der Waals surface area contributed by atoms with E-state index in [-0.39, 0.29) is 25.7 Å². The molecule has 1 N–H and O–H groups in total. The average molecular weight is 484 g/mol.